The molecule has 8 nitrogen and oxygen atoms in total. The third-order valence-electron chi connectivity index (χ3n) is 4.26. The molecule has 3 rings (SSSR count). The van der Waals surface area contributed by atoms with Gasteiger partial charge >= 0.3 is 12.0 Å². The molecule has 2 amide bonds. The number of ether oxygens (including phenoxy) is 2. The smallest absolute Gasteiger partial charge is 0.347 e. The number of amides is 2. The summed E-state index contributed by atoms with van der Waals surface area (Å²) < 4.78 is 50.3. The number of nitrogens with zero attached hydrogens (tertiary/aromatic N) is 2. The number of carbonyl (C=O) groups is 2. The highest BCUT2D eigenvalue weighted by atomic mass is 32.2. The Bertz CT molecular complexity index is 1050. The fourth-order valence-electron chi connectivity index (χ4n) is 2.83. The Morgan fingerprint density at radius 3 is 2.45 bits per heavy atom. The standard InChI is InChI=1S/C19H19FN2O6S/c1-4-27-18(23)12(2)28-15-9-10-17-16(11-15)21(3)19(24)22(29(17,25)26)14-7-5-13(20)6-8-14/h5-12H,4H2,1-3H3/t12-/m1/s1. The number of urea groups is 1. The van der Waals surface area contributed by atoms with Crippen molar-refractivity contribution in [1.29, 1.82) is 0 Å². The van der Waals surface area contributed by atoms with Crippen LogP contribution in [0.2, 0.25) is 0 Å². The molecule has 0 aromatic heterocycles. The van der Waals surface area contributed by atoms with Gasteiger partial charge in [-0.15, -0.1) is 0 Å². The number of hydrogen-bond acceptors (Lipinski definition) is 6. The maximum absolute atomic E-state index is 13.2. The highest BCUT2D eigenvalue weighted by Crippen LogP contribution is 2.38. The number of halogens is 1. The molecule has 1 aliphatic heterocycles. The molecule has 0 bridgehead atoms. The normalized spacial score (nSPS) is 16.2. The zero-order valence-corrected chi connectivity index (χ0v) is 16.8. The van der Waals surface area contributed by atoms with Crippen LogP contribution in [-0.4, -0.2) is 40.2 Å². The van der Waals surface area contributed by atoms with E-state index >= 15 is 0 Å². The summed E-state index contributed by atoms with van der Waals surface area (Å²) in [6, 6.07) is 7.77. The molecule has 0 unspecified atom stereocenters. The van der Waals surface area contributed by atoms with Gasteiger partial charge in [-0.05, 0) is 50.2 Å². The summed E-state index contributed by atoms with van der Waals surface area (Å²) in [5.41, 5.74) is 0.118. The highest BCUT2D eigenvalue weighted by Gasteiger charge is 2.41. The van der Waals surface area contributed by atoms with Gasteiger partial charge < -0.3 is 9.47 Å². The molecule has 0 N–H and O–H groups in total. The van der Waals surface area contributed by atoms with Crippen LogP contribution in [0.25, 0.3) is 0 Å². The van der Waals surface area contributed by atoms with Crippen molar-refractivity contribution in [3.63, 3.8) is 0 Å². The Morgan fingerprint density at radius 2 is 1.83 bits per heavy atom. The Balaban J connectivity index is 1.99. The summed E-state index contributed by atoms with van der Waals surface area (Å²) in [7, 11) is -2.82. The van der Waals surface area contributed by atoms with Crippen LogP contribution in [-0.2, 0) is 19.6 Å². The van der Waals surface area contributed by atoms with E-state index in [2.05, 4.69) is 0 Å². The third kappa shape index (κ3) is 3.75. The monoisotopic (exact) mass is 422 g/mol. The summed E-state index contributed by atoms with van der Waals surface area (Å²) in [6.45, 7) is 3.37. The fraction of sp³-hybridized carbons (Fsp3) is 0.263. The average Bonchev–Trinajstić information content (AvgIpc) is 2.68. The van der Waals surface area contributed by atoms with E-state index in [4.69, 9.17) is 9.47 Å². The van der Waals surface area contributed by atoms with E-state index in [1.807, 2.05) is 0 Å². The van der Waals surface area contributed by atoms with E-state index in [1.165, 1.54) is 44.3 Å². The van der Waals surface area contributed by atoms with Gasteiger partial charge in [-0.25, -0.2) is 22.4 Å². The van der Waals surface area contributed by atoms with E-state index < -0.39 is 33.9 Å². The van der Waals surface area contributed by atoms with Crippen molar-refractivity contribution in [1.82, 2.24) is 0 Å². The summed E-state index contributed by atoms with van der Waals surface area (Å²) in [4.78, 5) is 25.5. The van der Waals surface area contributed by atoms with E-state index in [1.54, 1.807) is 6.92 Å². The molecule has 0 aliphatic carbocycles. The van der Waals surface area contributed by atoms with Crippen LogP contribution in [0.15, 0.2) is 47.4 Å². The minimum absolute atomic E-state index is 0.0187. The number of carbonyl (C=O) groups excluding carboxylic acids is 2. The lowest BCUT2D eigenvalue weighted by molar-refractivity contribution is -0.150. The van der Waals surface area contributed by atoms with Crippen molar-refractivity contribution in [2.24, 2.45) is 0 Å². The minimum atomic E-state index is -4.23. The van der Waals surface area contributed by atoms with Crippen LogP contribution in [0.4, 0.5) is 20.6 Å². The van der Waals surface area contributed by atoms with Crippen molar-refractivity contribution in [2.45, 2.75) is 24.8 Å². The lowest BCUT2D eigenvalue weighted by Gasteiger charge is -2.34. The third-order valence-corrected chi connectivity index (χ3v) is 6.01. The van der Waals surface area contributed by atoms with Crippen LogP contribution in [0.5, 0.6) is 5.75 Å². The van der Waals surface area contributed by atoms with Crippen LogP contribution in [0.3, 0.4) is 0 Å². The maximum atomic E-state index is 13.2. The van der Waals surface area contributed by atoms with Crippen LogP contribution < -0.4 is 13.9 Å². The molecular formula is C19H19FN2O6S. The van der Waals surface area contributed by atoms with Crippen molar-refractivity contribution in [3.8, 4) is 5.75 Å². The van der Waals surface area contributed by atoms with Crippen molar-refractivity contribution < 1.29 is 31.9 Å². The average molecular weight is 422 g/mol. The first-order valence-corrected chi connectivity index (χ1v) is 10.2. The number of rotatable bonds is 5. The predicted octanol–water partition coefficient (Wildman–Crippen LogP) is 2.92. The van der Waals surface area contributed by atoms with Gasteiger partial charge in [-0.3, -0.25) is 4.90 Å². The Labute approximate surface area is 167 Å². The van der Waals surface area contributed by atoms with Crippen LogP contribution in [0, 0.1) is 5.82 Å². The van der Waals surface area contributed by atoms with Gasteiger partial charge in [0.25, 0.3) is 10.0 Å². The first-order valence-electron chi connectivity index (χ1n) is 8.72. The van der Waals surface area contributed by atoms with Crippen molar-refractivity contribution in [3.05, 3.63) is 48.3 Å². The SMILES string of the molecule is CCOC(=O)[C@@H](C)Oc1ccc2c(c1)N(C)C(=O)N(c1ccc(F)cc1)S2(=O)=O. The fourth-order valence-corrected chi connectivity index (χ4v) is 4.45. The lowest BCUT2D eigenvalue weighted by Crippen LogP contribution is -2.49. The zero-order chi connectivity index (χ0) is 21.3. The second-order valence-electron chi connectivity index (χ2n) is 6.23. The van der Waals surface area contributed by atoms with Gasteiger partial charge in [-0.2, -0.15) is 4.31 Å². The van der Waals surface area contributed by atoms with Crippen LogP contribution in [0.1, 0.15) is 13.8 Å². The molecule has 154 valence electrons. The molecule has 10 heteroatoms. The van der Waals surface area contributed by atoms with E-state index in [-0.39, 0.29) is 28.6 Å². The van der Waals surface area contributed by atoms with Gasteiger partial charge in [-0.1, -0.05) is 0 Å². The molecule has 29 heavy (non-hydrogen) atoms. The molecule has 2 aromatic carbocycles. The summed E-state index contributed by atoms with van der Waals surface area (Å²) in [5.74, 6) is -0.916. The number of benzene rings is 2. The Hall–Kier alpha value is -3.14. The van der Waals surface area contributed by atoms with Crippen molar-refractivity contribution >= 4 is 33.4 Å². The molecule has 1 heterocycles. The number of hydrogen-bond donors (Lipinski definition) is 0. The Kier molecular flexibility index (Phi) is 5.47. The van der Waals surface area contributed by atoms with Gasteiger partial charge in [0.1, 0.15) is 16.5 Å². The number of esters is 1. The molecule has 0 radical (unpaired) electrons. The molecule has 1 aliphatic rings. The second kappa shape index (κ2) is 7.70. The first-order chi connectivity index (χ1) is 13.7. The van der Waals surface area contributed by atoms with Crippen molar-refractivity contribution in [2.75, 3.05) is 22.9 Å². The summed E-state index contributed by atoms with van der Waals surface area (Å²) in [5, 5.41) is 0. The minimum Gasteiger partial charge on any atom is -0.479 e. The largest absolute Gasteiger partial charge is 0.479 e. The van der Waals surface area contributed by atoms with Gasteiger partial charge in [0, 0.05) is 13.1 Å². The lowest BCUT2D eigenvalue weighted by atomic mass is 10.2. The first kappa shape index (κ1) is 20.6. The molecule has 1 atom stereocenters. The number of fused-ring (bicyclic) bond motifs is 1. The van der Waals surface area contributed by atoms with Gasteiger partial charge in [0.15, 0.2) is 6.10 Å². The molecule has 0 fully saturated rings. The molecule has 0 saturated carbocycles. The quantitative estimate of drug-likeness (QED) is 0.688. The van der Waals surface area contributed by atoms with Gasteiger partial charge in [0.05, 0.1) is 18.0 Å². The number of anilines is 2. The molecular weight excluding hydrogens is 403 g/mol. The summed E-state index contributed by atoms with van der Waals surface area (Å²) in [6.07, 6.45) is -0.912. The van der Waals surface area contributed by atoms with E-state index in [9.17, 15) is 22.4 Å². The number of sulfonamides is 1. The molecule has 0 spiro atoms. The zero-order valence-electron chi connectivity index (χ0n) is 16.0. The maximum Gasteiger partial charge on any atom is 0.347 e. The Morgan fingerprint density at radius 1 is 1.17 bits per heavy atom. The van der Waals surface area contributed by atoms with E-state index in [0.29, 0.717) is 4.31 Å². The second-order valence-corrected chi connectivity index (χ2v) is 7.98. The van der Waals surface area contributed by atoms with Crippen LogP contribution >= 0.6 is 0 Å². The summed E-state index contributed by atoms with van der Waals surface area (Å²) >= 11 is 0. The molecule has 2 aromatic rings. The molecule has 0 saturated heterocycles. The highest BCUT2D eigenvalue weighted by molar-refractivity contribution is 7.94. The van der Waals surface area contributed by atoms with Gasteiger partial charge in [0.2, 0.25) is 0 Å². The topological polar surface area (TPSA) is 93.2 Å². The predicted molar refractivity (Wildman–Crippen MR) is 103 cm³/mol. The van der Waals surface area contributed by atoms with E-state index in [0.717, 1.165) is 17.0 Å².